The molecular weight excluding hydrogens is 348 g/mol. The van der Waals surface area contributed by atoms with E-state index in [1.807, 2.05) is 30.3 Å². The molecule has 1 heterocycles. The van der Waals surface area contributed by atoms with Gasteiger partial charge in [0.1, 0.15) is 18.9 Å². The highest BCUT2D eigenvalue weighted by molar-refractivity contribution is 5.99. The van der Waals surface area contributed by atoms with Crippen molar-refractivity contribution in [3.8, 4) is 11.5 Å². The maximum Gasteiger partial charge on any atom is 0.322 e. The lowest BCUT2D eigenvalue weighted by Crippen LogP contribution is -2.30. The molecule has 0 aliphatic heterocycles. The van der Waals surface area contributed by atoms with Crippen LogP contribution in [0.25, 0.3) is 10.9 Å². The van der Waals surface area contributed by atoms with Crippen molar-refractivity contribution in [2.45, 2.75) is 6.61 Å². The minimum atomic E-state index is -1.14. The lowest BCUT2D eigenvalue weighted by molar-refractivity contribution is -0.135. The second-order valence-electron chi connectivity index (χ2n) is 5.74. The molecule has 0 aliphatic carbocycles. The average Bonchev–Trinajstić information content (AvgIpc) is 2.70. The van der Waals surface area contributed by atoms with E-state index in [-0.39, 0.29) is 18.1 Å². The molecule has 7 nitrogen and oxygen atoms in total. The second-order valence-corrected chi connectivity index (χ2v) is 5.74. The zero-order valence-corrected chi connectivity index (χ0v) is 14.6. The molecule has 0 unspecified atom stereocenters. The van der Waals surface area contributed by atoms with Gasteiger partial charge in [0.15, 0.2) is 11.4 Å². The lowest BCUT2D eigenvalue weighted by Gasteiger charge is -2.13. The van der Waals surface area contributed by atoms with Crippen LogP contribution in [0.1, 0.15) is 16.1 Å². The van der Waals surface area contributed by atoms with Crippen molar-refractivity contribution >= 4 is 22.8 Å². The van der Waals surface area contributed by atoms with Crippen molar-refractivity contribution < 1.29 is 24.2 Å². The number of methoxy groups -OCH3 is 1. The molecule has 1 amide bonds. The average molecular weight is 366 g/mol. The highest BCUT2D eigenvalue weighted by Gasteiger charge is 2.17. The normalized spacial score (nSPS) is 10.4. The van der Waals surface area contributed by atoms with E-state index in [0.717, 1.165) is 10.9 Å². The molecule has 0 aliphatic rings. The number of aliphatic carboxylic acids is 1. The largest absolute Gasteiger partial charge is 0.497 e. The first kappa shape index (κ1) is 18.2. The molecule has 3 rings (SSSR count). The van der Waals surface area contributed by atoms with E-state index in [4.69, 9.17) is 14.6 Å². The highest BCUT2D eigenvalue weighted by Crippen LogP contribution is 2.27. The number of hydrogen-bond donors (Lipinski definition) is 2. The van der Waals surface area contributed by atoms with Gasteiger partial charge < -0.3 is 19.9 Å². The van der Waals surface area contributed by atoms with Crippen LogP contribution in [0.5, 0.6) is 11.5 Å². The van der Waals surface area contributed by atoms with E-state index in [0.29, 0.717) is 11.3 Å². The first-order valence-electron chi connectivity index (χ1n) is 8.22. The number of ether oxygens (including phenoxy) is 2. The van der Waals surface area contributed by atoms with Crippen molar-refractivity contribution in [1.29, 1.82) is 0 Å². The molecule has 2 aromatic carbocycles. The van der Waals surface area contributed by atoms with Crippen LogP contribution in [0.15, 0.2) is 54.6 Å². The van der Waals surface area contributed by atoms with Crippen molar-refractivity contribution in [3.05, 3.63) is 65.9 Å². The first-order chi connectivity index (χ1) is 13.1. The molecule has 7 heteroatoms. The Balaban J connectivity index is 1.96. The van der Waals surface area contributed by atoms with E-state index in [1.54, 1.807) is 31.4 Å². The highest BCUT2D eigenvalue weighted by atomic mass is 16.5. The summed E-state index contributed by atoms with van der Waals surface area (Å²) in [4.78, 5) is 27.5. The van der Waals surface area contributed by atoms with Crippen molar-refractivity contribution in [3.63, 3.8) is 0 Å². The number of pyridine rings is 1. The van der Waals surface area contributed by atoms with Crippen molar-refractivity contribution in [2.24, 2.45) is 0 Å². The molecule has 0 fully saturated rings. The summed E-state index contributed by atoms with van der Waals surface area (Å²) < 4.78 is 11.0. The summed E-state index contributed by atoms with van der Waals surface area (Å²) in [7, 11) is 1.56. The molecule has 138 valence electrons. The number of hydrogen-bond acceptors (Lipinski definition) is 5. The van der Waals surface area contributed by atoms with E-state index >= 15 is 0 Å². The molecule has 0 bridgehead atoms. The minimum Gasteiger partial charge on any atom is -0.497 e. The Labute approximate surface area is 155 Å². The van der Waals surface area contributed by atoms with Gasteiger partial charge in [-0.3, -0.25) is 9.59 Å². The Bertz CT molecular complexity index is 973. The van der Waals surface area contributed by atoms with E-state index < -0.39 is 18.4 Å². The number of carboxylic acid groups (broad SMARTS) is 1. The van der Waals surface area contributed by atoms with Gasteiger partial charge in [0.2, 0.25) is 0 Å². The van der Waals surface area contributed by atoms with Crippen LogP contribution in [0.4, 0.5) is 0 Å². The van der Waals surface area contributed by atoms with Crippen LogP contribution in [0.2, 0.25) is 0 Å². The Morgan fingerprint density at radius 2 is 1.89 bits per heavy atom. The number of benzene rings is 2. The predicted molar refractivity (Wildman–Crippen MR) is 99.0 cm³/mol. The van der Waals surface area contributed by atoms with Crippen LogP contribution in [-0.2, 0) is 11.4 Å². The zero-order valence-electron chi connectivity index (χ0n) is 14.6. The van der Waals surface area contributed by atoms with Gasteiger partial charge >= 0.3 is 5.97 Å². The standard InChI is InChI=1S/C20H18N2O5/c1-26-15-7-8-16-14(9-15)10-17(27-12-13-5-3-2-4-6-13)19(22-16)20(25)21-11-18(23)24/h2-10H,11-12H2,1H3,(H,21,25)(H,23,24). The molecular formula is C20H18N2O5. The number of carbonyl (C=O) groups is 2. The first-order valence-corrected chi connectivity index (χ1v) is 8.22. The third-order valence-corrected chi connectivity index (χ3v) is 3.84. The fourth-order valence-corrected chi connectivity index (χ4v) is 2.51. The smallest absolute Gasteiger partial charge is 0.322 e. The summed E-state index contributed by atoms with van der Waals surface area (Å²) in [5.41, 5.74) is 1.54. The number of nitrogens with one attached hydrogen (secondary N) is 1. The molecule has 2 N–H and O–H groups in total. The minimum absolute atomic E-state index is 0.0323. The molecule has 0 spiro atoms. The number of carbonyl (C=O) groups excluding carboxylic acids is 1. The molecule has 0 saturated carbocycles. The zero-order chi connectivity index (χ0) is 19.2. The number of carboxylic acids is 1. The Morgan fingerprint density at radius 3 is 2.59 bits per heavy atom. The van der Waals surface area contributed by atoms with Crippen LogP contribution in [0.3, 0.4) is 0 Å². The SMILES string of the molecule is COc1ccc2nc(C(=O)NCC(=O)O)c(OCc3ccccc3)cc2c1. The maximum atomic E-state index is 12.4. The molecule has 0 radical (unpaired) electrons. The van der Waals surface area contributed by atoms with Gasteiger partial charge in [0.05, 0.1) is 12.6 Å². The van der Waals surface area contributed by atoms with Crippen molar-refractivity contribution in [2.75, 3.05) is 13.7 Å². The topological polar surface area (TPSA) is 97.8 Å². The summed E-state index contributed by atoms with van der Waals surface area (Å²) in [6.07, 6.45) is 0. The molecule has 1 aromatic heterocycles. The van der Waals surface area contributed by atoms with E-state index in [2.05, 4.69) is 10.3 Å². The number of rotatable bonds is 7. The maximum absolute atomic E-state index is 12.4. The van der Waals surface area contributed by atoms with Crippen LogP contribution >= 0.6 is 0 Å². The fraction of sp³-hybridized carbons (Fsp3) is 0.150. The Morgan fingerprint density at radius 1 is 1.11 bits per heavy atom. The summed E-state index contributed by atoms with van der Waals surface area (Å²) in [6, 6.07) is 16.4. The van der Waals surface area contributed by atoms with Gasteiger partial charge in [0, 0.05) is 5.39 Å². The molecule has 0 saturated heterocycles. The number of fused-ring (bicyclic) bond motifs is 1. The number of amides is 1. The molecule has 27 heavy (non-hydrogen) atoms. The molecule has 0 atom stereocenters. The van der Waals surface area contributed by atoms with Crippen LogP contribution < -0.4 is 14.8 Å². The van der Waals surface area contributed by atoms with Gasteiger partial charge in [-0.25, -0.2) is 4.98 Å². The van der Waals surface area contributed by atoms with Gasteiger partial charge in [0.25, 0.3) is 5.91 Å². The Hall–Kier alpha value is -3.61. The number of nitrogens with zero attached hydrogens (tertiary/aromatic N) is 1. The summed E-state index contributed by atoms with van der Waals surface area (Å²) >= 11 is 0. The number of aromatic nitrogens is 1. The summed E-state index contributed by atoms with van der Waals surface area (Å²) in [5.74, 6) is -0.831. The second kappa shape index (κ2) is 8.18. The van der Waals surface area contributed by atoms with Gasteiger partial charge in [-0.05, 0) is 29.8 Å². The quantitative estimate of drug-likeness (QED) is 0.667. The third kappa shape index (κ3) is 4.52. The Kier molecular flexibility index (Phi) is 5.51. The monoisotopic (exact) mass is 366 g/mol. The van der Waals surface area contributed by atoms with Gasteiger partial charge in [-0.1, -0.05) is 30.3 Å². The van der Waals surface area contributed by atoms with E-state index in [9.17, 15) is 9.59 Å². The predicted octanol–water partition coefficient (Wildman–Crippen LogP) is 2.64. The van der Waals surface area contributed by atoms with Crippen molar-refractivity contribution in [1.82, 2.24) is 10.3 Å². The third-order valence-electron chi connectivity index (χ3n) is 3.84. The van der Waals surface area contributed by atoms with Gasteiger partial charge in [-0.2, -0.15) is 0 Å². The lowest BCUT2D eigenvalue weighted by atomic mass is 10.1. The van der Waals surface area contributed by atoms with E-state index in [1.165, 1.54) is 0 Å². The van der Waals surface area contributed by atoms with Gasteiger partial charge in [-0.15, -0.1) is 0 Å². The fourth-order valence-electron chi connectivity index (χ4n) is 2.51. The van der Waals surface area contributed by atoms with Crippen LogP contribution in [-0.4, -0.2) is 35.6 Å². The molecule has 3 aromatic rings. The summed E-state index contributed by atoms with van der Waals surface area (Å²) in [6.45, 7) is -0.253. The summed E-state index contributed by atoms with van der Waals surface area (Å²) in [5, 5.41) is 11.8. The van der Waals surface area contributed by atoms with Crippen LogP contribution in [0, 0.1) is 0 Å².